The third-order valence-corrected chi connectivity index (χ3v) is 9.99. The number of sulfonamides is 1. The lowest BCUT2D eigenvalue weighted by atomic mass is 10.2. The fourth-order valence-electron chi connectivity index (χ4n) is 3.15. The summed E-state index contributed by atoms with van der Waals surface area (Å²) in [4.78, 5) is 4.21. The molecular weight excluding hydrogens is 479 g/mol. The maximum absolute atomic E-state index is 13.6. The fraction of sp³-hybridized carbons (Fsp3) is 0.150. The SMILES string of the molecule is Cc1csc(-c2ccc(NS(=O)(=O)c3sc4ccc(F)cc4c3C)c(S(C)(=O)=O)c2)n1. The fourth-order valence-corrected chi connectivity index (χ4v) is 7.70. The molecule has 4 rings (SSSR count). The van der Waals surface area contributed by atoms with Crippen LogP contribution in [0.25, 0.3) is 20.7 Å². The van der Waals surface area contributed by atoms with Gasteiger partial charge in [0.2, 0.25) is 0 Å². The minimum Gasteiger partial charge on any atom is -0.278 e. The van der Waals surface area contributed by atoms with Crippen molar-refractivity contribution in [3.8, 4) is 10.6 Å². The van der Waals surface area contributed by atoms with E-state index in [1.165, 1.54) is 41.7 Å². The number of thiazole rings is 1. The quantitative estimate of drug-likeness (QED) is 0.420. The maximum atomic E-state index is 13.6. The Hall–Kier alpha value is -2.34. The van der Waals surface area contributed by atoms with Crippen molar-refractivity contribution in [3.05, 3.63) is 58.9 Å². The van der Waals surface area contributed by atoms with Gasteiger partial charge in [-0.1, -0.05) is 0 Å². The van der Waals surface area contributed by atoms with Crippen LogP contribution in [0.1, 0.15) is 11.3 Å². The molecule has 4 aromatic rings. The summed E-state index contributed by atoms with van der Waals surface area (Å²) in [6, 6.07) is 8.53. The summed E-state index contributed by atoms with van der Waals surface area (Å²) in [6.45, 7) is 3.43. The molecule has 1 N–H and O–H groups in total. The topological polar surface area (TPSA) is 93.2 Å². The Kier molecular flexibility index (Phi) is 5.41. The first-order valence-electron chi connectivity index (χ1n) is 8.94. The van der Waals surface area contributed by atoms with Gasteiger partial charge in [0, 0.05) is 27.6 Å². The monoisotopic (exact) mass is 496 g/mol. The van der Waals surface area contributed by atoms with Gasteiger partial charge in [0.25, 0.3) is 10.0 Å². The second-order valence-electron chi connectivity index (χ2n) is 7.04. The van der Waals surface area contributed by atoms with Crippen LogP contribution < -0.4 is 4.72 Å². The van der Waals surface area contributed by atoms with Gasteiger partial charge < -0.3 is 0 Å². The van der Waals surface area contributed by atoms with Gasteiger partial charge in [-0.3, -0.25) is 4.72 Å². The molecule has 11 heteroatoms. The molecule has 0 atom stereocenters. The van der Waals surface area contributed by atoms with Crippen LogP contribution in [0.4, 0.5) is 10.1 Å². The summed E-state index contributed by atoms with van der Waals surface area (Å²) in [7, 11) is -7.85. The van der Waals surface area contributed by atoms with Crippen molar-refractivity contribution in [1.82, 2.24) is 4.98 Å². The lowest BCUT2D eigenvalue weighted by Crippen LogP contribution is -2.15. The predicted molar refractivity (Wildman–Crippen MR) is 123 cm³/mol. The molecule has 0 aliphatic carbocycles. The summed E-state index contributed by atoms with van der Waals surface area (Å²) < 4.78 is 67.7. The molecule has 0 bridgehead atoms. The van der Waals surface area contributed by atoms with Gasteiger partial charge in [-0.05, 0) is 61.2 Å². The molecule has 31 heavy (non-hydrogen) atoms. The second kappa shape index (κ2) is 7.66. The molecule has 0 amide bonds. The number of aromatic nitrogens is 1. The number of halogens is 1. The number of anilines is 1. The van der Waals surface area contributed by atoms with Gasteiger partial charge in [-0.25, -0.2) is 26.2 Å². The first-order chi connectivity index (χ1) is 14.5. The Morgan fingerprint density at radius 2 is 1.77 bits per heavy atom. The molecule has 2 heterocycles. The normalized spacial score (nSPS) is 12.4. The molecule has 162 valence electrons. The number of hydrogen-bond acceptors (Lipinski definition) is 7. The number of nitrogens with one attached hydrogen (secondary N) is 1. The van der Waals surface area contributed by atoms with E-state index in [-0.39, 0.29) is 14.8 Å². The first-order valence-corrected chi connectivity index (χ1v) is 14.0. The van der Waals surface area contributed by atoms with Crippen molar-refractivity contribution >= 4 is 58.3 Å². The van der Waals surface area contributed by atoms with Gasteiger partial charge in [0.1, 0.15) is 15.0 Å². The highest BCUT2D eigenvalue weighted by Crippen LogP contribution is 2.37. The van der Waals surface area contributed by atoms with Crippen molar-refractivity contribution < 1.29 is 21.2 Å². The minimum atomic E-state index is -4.11. The molecule has 0 saturated heterocycles. The van der Waals surface area contributed by atoms with Crippen molar-refractivity contribution in [2.75, 3.05) is 11.0 Å². The number of hydrogen-bond donors (Lipinski definition) is 1. The number of rotatable bonds is 5. The largest absolute Gasteiger partial charge is 0.278 e. The zero-order valence-corrected chi connectivity index (χ0v) is 19.9. The molecule has 0 spiro atoms. The van der Waals surface area contributed by atoms with Gasteiger partial charge in [0.15, 0.2) is 9.84 Å². The van der Waals surface area contributed by atoms with Gasteiger partial charge in [-0.2, -0.15) is 0 Å². The minimum absolute atomic E-state index is 0.00664. The zero-order chi connectivity index (χ0) is 22.6. The summed E-state index contributed by atoms with van der Waals surface area (Å²) in [5, 5.41) is 2.99. The summed E-state index contributed by atoms with van der Waals surface area (Å²) in [5.74, 6) is -0.460. The Morgan fingerprint density at radius 1 is 1.03 bits per heavy atom. The van der Waals surface area contributed by atoms with E-state index < -0.39 is 25.7 Å². The summed E-state index contributed by atoms with van der Waals surface area (Å²) >= 11 is 2.37. The van der Waals surface area contributed by atoms with E-state index in [9.17, 15) is 21.2 Å². The third kappa shape index (κ3) is 4.22. The van der Waals surface area contributed by atoms with Crippen LogP contribution in [0.2, 0.25) is 0 Å². The van der Waals surface area contributed by atoms with Gasteiger partial charge >= 0.3 is 0 Å². The van der Waals surface area contributed by atoms with E-state index in [2.05, 4.69) is 9.71 Å². The first kappa shape index (κ1) is 21.9. The number of aryl methyl sites for hydroxylation is 2. The van der Waals surface area contributed by atoms with Crippen LogP contribution in [0, 0.1) is 19.7 Å². The molecule has 0 aliphatic rings. The second-order valence-corrected chi connectivity index (χ2v) is 12.8. The molecule has 0 aliphatic heterocycles. The molecule has 2 aromatic heterocycles. The van der Waals surface area contributed by atoms with E-state index in [4.69, 9.17) is 0 Å². The molecule has 0 fully saturated rings. The number of thiophene rings is 1. The highest BCUT2D eigenvalue weighted by atomic mass is 32.2. The van der Waals surface area contributed by atoms with Crippen LogP contribution in [-0.4, -0.2) is 28.1 Å². The highest BCUT2D eigenvalue weighted by Gasteiger charge is 2.25. The van der Waals surface area contributed by atoms with Gasteiger partial charge in [-0.15, -0.1) is 22.7 Å². The zero-order valence-electron chi connectivity index (χ0n) is 16.6. The number of sulfone groups is 1. The molecule has 6 nitrogen and oxygen atoms in total. The average Bonchev–Trinajstić information content (AvgIpc) is 3.25. The van der Waals surface area contributed by atoms with Crippen LogP contribution in [0.3, 0.4) is 0 Å². The van der Waals surface area contributed by atoms with E-state index in [0.29, 0.717) is 26.2 Å². The van der Waals surface area contributed by atoms with Crippen LogP contribution in [0.15, 0.2) is 50.9 Å². The average molecular weight is 497 g/mol. The Balaban J connectivity index is 1.80. The van der Waals surface area contributed by atoms with Crippen LogP contribution in [0.5, 0.6) is 0 Å². The smallest absolute Gasteiger partial charge is 0.271 e. The number of nitrogens with zero attached hydrogens (tertiary/aromatic N) is 1. The molecule has 0 radical (unpaired) electrons. The van der Waals surface area contributed by atoms with Crippen molar-refractivity contribution in [3.63, 3.8) is 0 Å². The molecule has 0 unspecified atom stereocenters. The predicted octanol–water partition coefficient (Wildman–Crippen LogP) is 4.99. The molecular formula is C20H17FN2O4S4. The molecule has 0 saturated carbocycles. The van der Waals surface area contributed by atoms with Gasteiger partial charge in [0.05, 0.1) is 10.6 Å². The van der Waals surface area contributed by atoms with Crippen molar-refractivity contribution in [1.29, 1.82) is 0 Å². The lowest BCUT2D eigenvalue weighted by Gasteiger charge is -2.12. The van der Waals surface area contributed by atoms with Crippen LogP contribution >= 0.6 is 22.7 Å². The maximum Gasteiger partial charge on any atom is 0.271 e. The van der Waals surface area contributed by atoms with E-state index >= 15 is 0 Å². The number of benzene rings is 2. The summed E-state index contributed by atoms with van der Waals surface area (Å²) in [6.07, 6.45) is 1.02. The highest BCUT2D eigenvalue weighted by molar-refractivity contribution is 7.95. The van der Waals surface area contributed by atoms with Crippen molar-refractivity contribution in [2.45, 2.75) is 23.0 Å². The van der Waals surface area contributed by atoms with Crippen LogP contribution in [-0.2, 0) is 19.9 Å². The summed E-state index contributed by atoms with van der Waals surface area (Å²) in [5.41, 5.74) is 1.74. The third-order valence-electron chi connectivity index (χ3n) is 4.59. The van der Waals surface area contributed by atoms with E-state index in [1.807, 2.05) is 12.3 Å². The standard InChI is InChI=1S/C20H17FN2O4S4/c1-11-10-28-19(22-11)13-4-6-16(18(8-13)30(3,24)25)23-31(26,27)20-12(2)15-9-14(21)5-7-17(15)29-20/h4-10,23H,1-3H3. The Bertz CT molecular complexity index is 1540. The number of fused-ring (bicyclic) bond motifs is 1. The lowest BCUT2D eigenvalue weighted by molar-refractivity contribution is 0.602. The van der Waals surface area contributed by atoms with E-state index in [1.54, 1.807) is 13.0 Å². The molecule has 2 aromatic carbocycles. The van der Waals surface area contributed by atoms with E-state index in [0.717, 1.165) is 23.3 Å². The Labute approximate surface area is 187 Å². The van der Waals surface area contributed by atoms with Crippen molar-refractivity contribution in [2.24, 2.45) is 0 Å². The Morgan fingerprint density at radius 3 is 2.42 bits per heavy atom.